The number of aromatic nitrogens is 3. The fraction of sp³-hybridized carbons (Fsp3) is 0.355. The number of anilines is 2. The molecular weight excluding hydrogens is 529 g/mol. The molecule has 1 aliphatic heterocycles. The van der Waals surface area contributed by atoms with Crippen molar-refractivity contribution in [3.63, 3.8) is 0 Å². The molecule has 2 aromatic heterocycles. The Hall–Kier alpha value is -3.22. The molecule has 0 saturated carbocycles. The second kappa shape index (κ2) is 11.9. The normalized spacial score (nSPS) is 15.3. The molecule has 2 N–H and O–H groups in total. The SMILES string of the molecule is CC/C(C)=C(/Nc1ccc(N2CCCCC2)cc1C)c1n[nH]c2ccc(OC(C)c3c(Cl)cncc3Cl)cc12. The van der Waals surface area contributed by atoms with E-state index in [4.69, 9.17) is 33.0 Å². The summed E-state index contributed by atoms with van der Waals surface area (Å²) in [5.74, 6) is 0.706. The molecule has 0 amide bonds. The first-order valence-electron chi connectivity index (χ1n) is 13.6. The summed E-state index contributed by atoms with van der Waals surface area (Å²) in [6.45, 7) is 10.7. The van der Waals surface area contributed by atoms with E-state index in [1.54, 1.807) is 12.4 Å². The third-order valence-corrected chi connectivity index (χ3v) is 8.13. The number of rotatable bonds is 8. The average molecular weight is 565 g/mol. The van der Waals surface area contributed by atoms with E-state index in [0.29, 0.717) is 21.4 Å². The van der Waals surface area contributed by atoms with Gasteiger partial charge < -0.3 is 15.0 Å². The lowest BCUT2D eigenvalue weighted by Crippen LogP contribution is -2.29. The van der Waals surface area contributed by atoms with Gasteiger partial charge in [-0.25, -0.2) is 0 Å². The van der Waals surface area contributed by atoms with Gasteiger partial charge >= 0.3 is 0 Å². The standard InChI is InChI=1S/C31H35Cl2N5O/c1-5-19(2)30(35-27-11-9-22(15-20(27)3)38-13-7-6-8-14-38)31-24-16-23(10-12-28(24)36-37-31)39-21(4)29-25(32)17-34-18-26(29)33/h9-12,15-18,21,35H,5-8,13-14H2,1-4H3,(H,36,37)/b30-19+. The smallest absolute Gasteiger partial charge is 0.124 e. The van der Waals surface area contributed by atoms with Crippen LogP contribution in [0.2, 0.25) is 10.0 Å². The lowest BCUT2D eigenvalue weighted by Gasteiger charge is -2.29. The Morgan fingerprint density at radius 1 is 1.08 bits per heavy atom. The quantitative estimate of drug-likeness (QED) is 0.224. The molecule has 6 nitrogen and oxygen atoms in total. The van der Waals surface area contributed by atoms with Crippen LogP contribution in [-0.2, 0) is 0 Å². The summed E-state index contributed by atoms with van der Waals surface area (Å²) >= 11 is 12.7. The van der Waals surface area contributed by atoms with Gasteiger partial charge in [0.05, 0.1) is 21.3 Å². The first-order chi connectivity index (χ1) is 18.9. The summed E-state index contributed by atoms with van der Waals surface area (Å²) < 4.78 is 6.29. The molecule has 1 atom stereocenters. The third kappa shape index (κ3) is 5.87. The second-order valence-electron chi connectivity index (χ2n) is 10.2. The van der Waals surface area contributed by atoms with Gasteiger partial charge in [0, 0.05) is 47.8 Å². The lowest BCUT2D eigenvalue weighted by molar-refractivity contribution is 0.227. The van der Waals surface area contributed by atoms with E-state index >= 15 is 0 Å². The molecule has 0 radical (unpaired) electrons. The number of aryl methyl sites for hydroxylation is 1. The molecule has 8 heteroatoms. The molecule has 1 unspecified atom stereocenters. The first kappa shape index (κ1) is 27.4. The molecular formula is C31H35Cl2N5O. The predicted molar refractivity (Wildman–Crippen MR) is 163 cm³/mol. The summed E-state index contributed by atoms with van der Waals surface area (Å²) in [5, 5.41) is 13.6. The minimum absolute atomic E-state index is 0.354. The molecule has 5 rings (SSSR count). The van der Waals surface area contributed by atoms with Crippen LogP contribution in [0, 0.1) is 6.92 Å². The van der Waals surface area contributed by atoms with Crippen molar-refractivity contribution in [2.45, 2.75) is 59.5 Å². The highest BCUT2D eigenvalue weighted by atomic mass is 35.5. The van der Waals surface area contributed by atoms with Crippen molar-refractivity contribution in [2.75, 3.05) is 23.3 Å². The molecule has 0 spiro atoms. The van der Waals surface area contributed by atoms with E-state index in [1.807, 2.05) is 25.1 Å². The zero-order valence-electron chi connectivity index (χ0n) is 22.9. The number of fused-ring (bicyclic) bond motifs is 1. The van der Waals surface area contributed by atoms with Gasteiger partial charge in [0.2, 0.25) is 0 Å². The third-order valence-electron chi connectivity index (χ3n) is 7.53. The fourth-order valence-electron chi connectivity index (χ4n) is 5.15. The van der Waals surface area contributed by atoms with E-state index in [2.05, 4.69) is 59.3 Å². The van der Waals surface area contributed by atoms with Crippen molar-refractivity contribution in [3.8, 4) is 5.75 Å². The van der Waals surface area contributed by atoms with Crippen LogP contribution in [0.25, 0.3) is 16.6 Å². The Morgan fingerprint density at radius 2 is 1.82 bits per heavy atom. The number of allylic oxidation sites excluding steroid dienone is 1. The van der Waals surface area contributed by atoms with E-state index < -0.39 is 0 Å². The number of pyridine rings is 1. The number of benzene rings is 2. The molecule has 2 aromatic carbocycles. The molecule has 1 aliphatic rings. The van der Waals surface area contributed by atoms with Gasteiger partial charge in [-0.1, -0.05) is 30.1 Å². The minimum Gasteiger partial charge on any atom is -0.486 e. The van der Waals surface area contributed by atoms with Crippen LogP contribution in [0.4, 0.5) is 11.4 Å². The highest BCUT2D eigenvalue weighted by Crippen LogP contribution is 2.35. The van der Waals surface area contributed by atoms with Gasteiger partial charge in [0.1, 0.15) is 17.5 Å². The highest BCUT2D eigenvalue weighted by Gasteiger charge is 2.19. The topological polar surface area (TPSA) is 66.1 Å². The molecule has 1 fully saturated rings. The van der Waals surface area contributed by atoms with E-state index in [0.717, 1.165) is 47.5 Å². The largest absolute Gasteiger partial charge is 0.486 e. The van der Waals surface area contributed by atoms with Crippen molar-refractivity contribution in [3.05, 3.63) is 81.2 Å². The number of nitrogens with one attached hydrogen (secondary N) is 2. The number of hydrogen-bond donors (Lipinski definition) is 2. The number of hydrogen-bond acceptors (Lipinski definition) is 5. The maximum atomic E-state index is 6.37. The van der Waals surface area contributed by atoms with Crippen LogP contribution in [0.1, 0.15) is 69.4 Å². The van der Waals surface area contributed by atoms with Crippen LogP contribution in [0.5, 0.6) is 5.75 Å². The Balaban J connectivity index is 1.45. The number of halogens is 2. The van der Waals surface area contributed by atoms with Crippen LogP contribution < -0.4 is 15.0 Å². The molecule has 4 aromatic rings. The van der Waals surface area contributed by atoms with Crippen LogP contribution in [0.3, 0.4) is 0 Å². The predicted octanol–water partition coefficient (Wildman–Crippen LogP) is 8.96. The van der Waals surface area contributed by atoms with Gasteiger partial charge in [-0.05, 0) is 94.0 Å². The summed E-state index contributed by atoms with van der Waals surface area (Å²) in [5.41, 5.74) is 8.33. The van der Waals surface area contributed by atoms with Gasteiger partial charge in [0.25, 0.3) is 0 Å². The summed E-state index contributed by atoms with van der Waals surface area (Å²) in [4.78, 5) is 6.54. The maximum absolute atomic E-state index is 6.37. The Bertz CT molecular complexity index is 1490. The highest BCUT2D eigenvalue weighted by molar-refractivity contribution is 6.35. The Kier molecular flexibility index (Phi) is 8.34. The molecule has 1 saturated heterocycles. The first-order valence-corrected chi connectivity index (χ1v) is 14.4. The minimum atomic E-state index is -0.354. The average Bonchev–Trinajstić information content (AvgIpc) is 3.35. The van der Waals surface area contributed by atoms with Crippen molar-refractivity contribution >= 4 is 51.2 Å². The molecule has 0 aliphatic carbocycles. The van der Waals surface area contributed by atoms with Gasteiger partial charge in [0.15, 0.2) is 0 Å². The van der Waals surface area contributed by atoms with Crippen LogP contribution >= 0.6 is 23.2 Å². The van der Waals surface area contributed by atoms with Crippen molar-refractivity contribution in [2.24, 2.45) is 0 Å². The summed E-state index contributed by atoms with van der Waals surface area (Å²) in [6.07, 6.45) is 7.56. The van der Waals surface area contributed by atoms with Crippen molar-refractivity contribution < 1.29 is 4.74 Å². The van der Waals surface area contributed by atoms with E-state index in [9.17, 15) is 0 Å². The molecule has 3 heterocycles. The van der Waals surface area contributed by atoms with Gasteiger partial charge in [-0.2, -0.15) is 5.10 Å². The zero-order valence-corrected chi connectivity index (χ0v) is 24.5. The Morgan fingerprint density at radius 3 is 2.51 bits per heavy atom. The number of H-pyrrole nitrogens is 1. The Labute approximate surface area is 240 Å². The van der Waals surface area contributed by atoms with Crippen LogP contribution in [-0.4, -0.2) is 28.3 Å². The van der Waals surface area contributed by atoms with Crippen molar-refractivity contribution in [1.82, 2.24) is 15.2 Å². The number of aromatic amines is 1. The number of ether oxygens (including phenoxy) is 1. The van der Waals surface area contributed by atoms with Crippen LogP contribution in [0.15, 0.2) is 54.4 Å². The second-order valence-corrected chi connectivity index (χ2v) is 11.1. The summed E-state index contributed by atoms with van der Waals surface area (Å²) in [7, 11) is 0. The molecule has 0 bridgehead atoms. The lowest BCUT2D eigenvalue weighted by atomic mass is 10.0. The monoisotopic (exact) mass is 563 g/mol. The number of nitrogens with zero attached hydrogens (tertiary/aromatic N) is 3. The summed E-state index contributed by atoms with van der Waals surface area (Å²) in [6, 6.07) is 12.6. The molecule has 39 heavy (non-hydrogen) atoms. The number of piperidine rings is 1. The van der Waals surface area contributed by atoms with Gasteiger partial charge in [-0.15, -0.1) is 0 Å². The zero-order chi connectivity index (χ0) is 27.5. The molecule has 204 valence electrons. The van der Waals surface area contributed by atoms with Crippen molar-refractivity contribution in [1.29, 1.82) is 0 Å². The maximum Gasteiger partial charge on any atom is 0.124 e. The van der Waals surface area contributed by atoms with E-state index in [-0.39, 0.29) is 6.10 Å². The van der Waals surface area contributed by atoms with Gasteiger partial charge in [-0.3, -0.25) is 10.1 Å². The van der Waals surface area contributed by atoms with E-state index in [1.165, 1.54) is 36.1 Å². The fourth-order valence-corrected chi connectivity index (χ4v) is 5.82.